The minimum absolute atomic E-state index is 0.549. The Bertz CT molecular complexity index is 2010. The van der Waals surface area contributed by atoms with Crippen molar-refractivity contribution in [2.75, 3.05) is 68.8 Å². The topological polar surface area (TPSA) is 123 Å². The predicted octanol–water partition coefficient (Wildman–Crippen LogP) is 5.67. The maximum Gasteiger partial charge on any atom is 0.203 e. The second-order valence-electron chi connectivity index (χ2n) is 13.5. The molecule has 1 aliphatic heterocycles. The Hall–Kier alpha value is -6.12. The second-order valence-corrected chi connectivity index (χ2v) is 13.5. The maximum atomic E-state index is 5.68. The van der Waals surface area contributed by atoms with E-state index in [-0.39, 0.29) is 0 Å². The summed E-state index contributed by atoms with van der Waals surface area (Å²) in [6.07, 6.45) is 7.30. The molecule has 56 heavy (non-hydrogen) atoms. The molecule has 14 nitrogen and oxygen atoms in total. The fraction of sp³-hybridized carbons (Fsp3) is 0.333. The zero-order valence-corrected chi connectivity index (χ0v) is 32.8. The van der Waals surface area contributed by atoms with Gasteiger partial charge in [-0.3, -0.25) is 29.1 Å². The van der Waals surface area contributed by atoms with Gasteiger partial charge in [0, 0.05) is 75.2 Å². The van der Waals surface area contributed by atoms with Crippen molar-refractivity contribution in [1.82, 2.24) is 39.3 Å². The molecular weight excluding hydrogens is 713 g/mol. The summed E-state index contributed by atoms with van der Waals surface area (Å²) in [7, 11) is 9.72. The van der Waals surface area contributed by atoms with Gasteiger partial charge in [-0.2, -0.15) is 10.2 Å². The number of hydrogen-bond acceptors (Lipinski definition) is 12. The molecule has 1 aliphatic rings. The molecule has 0 unspecified atom stereocenters. The molecule has 0 aliphatic carbocycles. The summed E-state index contributed by atoms with van der Waals surface area (Å²) in [6.45, 7) is 6.15. The predicted molar refractivity (Wildman–Crippen MR) is 212 cm³/mol. The highest BCUT2D eigenvalue weighted by atomic mass is 16.5. The van der Waals surface area contributed by atoms with Crippen molar-refractivity contribution in [3.63, 3.8) is 0 Å². The highest BCUT2D eigenvalue weighted by molar-refractivity contribution is 5.70. The Kier molecular flexibility index (Phi) is 12.0. The van der Waals surface area contributed by atoms with Crippen LogP contribution in [0.4, 0.5) is 0 Å². The van der Waals surface area contributed by atoms with Gasteiger partial charge in [-0.25, -0.2) is 0 Å². The van der Waals surface area contributed by atoms with Gasteiger partial charge in [0.15, 0.2) is 23.0 Å². The number of piperazine rings is 1. The zero-order chi connectivity index (χ0) is 39.0. The molecule has 0 atom stereocenters. The molecule has 0 saturated carbocycles. The Morgan fingerprint density at radius 1 is 0.482 bits per heavy atom. The first-order chi connectivity index (χ1) is 27.4. The number of hydrogen-bond donors (Lipinski definition) is 0. The van der Waals surface area contributed by atoms with E-state index in [0.29, 0.717) is 47.6 Å². The van der Waals surface area contributed by atoms with Crippen LogP contribution in [0, 0.1) is 0 Å². The molecule has 14 heteroatoms. The maximum absolute atomic E-state index is 5.68. The first-order valence-electron chi connectivity index (χ1n) is 18.4. The third kappa shape index (κ3) is 8.41. The van der Waals surface area contributed by atoms with Gasteiger partial charge >= 0.3 is 0 Å². The van der Waals surface area contributed by atoms with E-state index < -0.39 is 0 Å². The standard InChI is InChI=1S/C42H48N8O6/c1-51-37-17-31(18-38(52-2)41(37)55-5)35-21-33(45-49(35)25-29-9-7-11-43-23-29)27-47-13-15-48(16-14-47)28-34-22-36(50(46-34)26-30-10-8-12-44-24-30)32-19-39(53-3)42(56-6)40(20-32)54-4/h7-12,17-24H,13-16,25-28H2,1-6H3. The molecule has 0 bridgehead atoms. The van der Waals surface area contributed by atoms with Crippen molar-refractivity contribution >= 4 is 0 Å². The lowest BCUT2D eigenvalue weighted by Gasteiger charge is -2.33. The van der Waals surface area contributed by atoms with E-state index >= 15 is 0 Å². The van der Waals surface area contributed by atoms with Gasteiger partial charge < -0.3 is 28.4 Å². The van der Waals surface area contributed by atoms with Crippen molar-refractivity contribution in [1.29, 1.82) is 0 Å². The van der Waals surface area contributed by atoms with Gasteiger partial charge in [0.05, 0.1) is 78.5 Å². The van der Waals surface area contributed by atoms with E-state index in [1.54, 1.807) is 55.1 Å². The molecule has 0 N–H and O–H groups in total. The quantitative estimate of drug-likeness (QED) is 0.121. The van der Waals surface area contributed by atoms with Crippen LogP contribution in [0.3, 0.4) is 0 Å². The Labute approximate surface area is 327 Å². The largest absolute Gasteiger partial charge is 0.493 e. The third-order valence-electron chi connectivity index (χ3n) is 9.93. The number of benzene rings is 2. The number of ether oxygens (including phenoxy) is 6. The van der Waals surface area contributed by atoms with Crippen LogP contribution in [0.5, 0.6) is 34.5 Å². The number of nitrogens with zero attached hydrogens (tertiary/aromatic N) is 8. The van der Waals surface area contributed by atoms with Crippen LogP contribution < -0.4 is 28.4 Å². The van der Waals surface area contributed by atoms with Crippen molar-refractivity contribution in [3.8, 4) is 57.0 Å². The average Bonchev–Trinajstić information content (AvgIpc) is 3.83. The van der Waals surface area contributed by atoms with Crippen LogP contribution >= 0.6 is 0 Å². The minimum atomic E-state index is 0.549. The lowest BCUT2D eigenvalue weighted by Crippen LogP contribution is -2.45. The van der Waals surface area contributed by atoms with Gasteiger partial charge in [-0.15, -0.1) is 0 Å². The smallest absolute Gasteiger partial charge is 0.203 e. The van der Waals surface area contributed by atoms with Crippen molar-refractivity contribution < 1.29 is 28.4 Å². The molecule has 2 aromatic carbocycles. The summed E-state index contributed by atoms with van der Waals surface area (Å²) < 4.78 is 38.0. The third-order valence-corrected chi connectivity index (χ3v) is 9.93. The number of methoxy groups -OCH3 is 6. The number of aromatic nitrogens is 6. The van der Waals surface area contributed by atoms with Crippen LogP contribution in [0.15, 0.2) is 85.5 Å². The van der Waals surface area contributed by atoms with Crippen LogP contribution in [-0.4, -0.2) is 108 Å². The fourth-order valence-corrected chi connectivity index (χ4v) is 7.15. The Morgan fingerprint density at radius 3 is 1.16 bits per heavy atom. The fourth-order valence-electron chi connectivity index (χ4n) is 7.15. The monoisotopic (exact) mass is 760 g/mol. The molecular formula is C42H48N8O6. The van der Waals surface area contributed by atoms with E-state index in [9.17, 15) is 0 Å². The lowest BCUT2D eigenvalue weighted by atomic mass is 10.1. The van der Waals surface area contributed by atoms with Crippen LogP contribution in [-0.2, 0) is 26.2 Å². The molecule has 292 valence electrons. The first kappa shape index (κ1) is 38.2. The van der Waals surface area contributed by atoms with E-state index in [1.165, 1.54) is 0 Å². The SMILES string of the molecule is COc1cc(-c2cc(CN3CCN(Cc4cc(-c5cc(OC)c(OC)c(OC)c5)n(Cc5cccnc5)n4)CC3)nn2Cc2cccnc2)cc(OC)c1OC. The average molecular weight is 761 g/mol. The molecule has 0 spiro atoms. The van der Waals surface area contributed by atoms with E-state index in [4.69, 9.17) is 38.6 Å². The van der Waals surface area contributed by atoms with Gasteiger partial charge in [-0.05, 0) is 59.7 Å². The molecule has 1 saturated heterocycles. The summed E-state index contributed by atoms with van der Waals surface area (Å²) in [6, 6.07) is 20.2. The molecule has 0 amide bonds. The van der Waals surface area contributed by atoms with Crippen LogP contribution in [0.2, 0.25) is 0 Å². The normalized spacial score (nSPS) is 13.4. The zero-order valence-electron chi connectivity index (χ0n) is 32.8. The van der Waals surface area contributed by atoms with Gasteiger partial charge in [0.2, 0.25) is 11.5 Å². The van der Waals surface area contributed by atoms with Gasteiger partial charge in [-0.1, -0.05) is 12.1 Å². The van der Waals surface area contributed by atoms with Crippen LogP contribution in [0.1, 0.15) is 22.5 Å². The van der Waals surface area contributed by atoms with E-state index in [2.05, 4.69) is 44.0 Å². The summed E-state index contributed by atoms with van der Waals surface area (Å²) >= 11 is 0. The van der Waals surface area contributed by atoms with E-state index in [1.807, 2.05) is 58.2 Å². The summed E-state index contributed by atoms with van der Waals surface area (Å²) in [5.74, 6) is 3.45. The lowest BCUT2D eigenvalue weighted by molar-refractivity contribution is 0.119. The Balaban J connectivity index is 1.09. The molecule has 0 radical (unpaired) electrons. The summed E-state index contributed by atoms with van der Waals surface area (Å²) in [5.41, 5.74) is 7.81. The highest BCUT2D eigenvalue weighted by Gasteiger charge is 2.24. The number of pyridine rings is 2. The Morgan fingerprint density at radius 2 is 0.857 bits per heavy atom. The van der Waals surface area contributed by atoms with Gasteiger partial charge in [0.1, 0.15) is 0 Å². The van der Waals surface area contributed by atoms with Crippen LogP contribution in [0.25, 0.3) is 22.5 Å². The van der Waals surface area contributed by atoms with E-state index in [0.717, 1.165) is 84.3 Å². The minimum Gasteiger partial charge on any atom is -0.493 e. The van der Waals surface area contributed by atoms with Crippen molar-refractivity contribution in [2.24, 2.45) is 0 Å². The van der Waals surface area contributed by atoms with Gasteiger partial charge in [0.25, 0.3) is 0 Å². The summed E-state index contributed by atoms with van der Waals surface area (Å²) in [5, 5.41) is 10.2. The molecule has 1 fully saturated rings. The van der Waals surface area contributed by atoms with Crippen molar-refractivity contribution in [2.45, 2.75) is 26.2 Å². The molecule has 5 heterocycles. The second kappa shape index (κ2) is 17.6. The highest BCUT2D eigenvalue weighted by Crippen LogP contribution is 2.43. The summed E-state index contributed by atoms with van der Waals surface area (Å²) in [4.78, 5) is 13.6. The number of rotatable bonds is 16. The molecule has 6 aromatic rings. The van der Waals surface area contributed by atoms with Crippen molar-refractivity contribution in [3.05, 3.63) is 108 Å². The molecule has 4 aromatic heterocycles. The first-order valence-corrected chi connectivity index (χ1v) is 18.4. The molecule has 7 rings (SSSR count).